The molecule has 0 N–H and O–H groups in total. The molecule has 0 unspecified atom stereocenters. The Hall–Kier alpha value is -3.50. The number of methoxy groups -OCH3 is 1. The molecule has 0 fully saturated rings. The number of carbonyl (C=O) groups is 1. The van der Waals surface area contributed by atoms with Crippen LogP contribution in [0.1, 0.15) is 22.9 Å². The fourth-order valence-electron chi connectivity index (χ4n) is 3.49. The first kappa shape index (κ1) is 21.4. The normalized spacial score (nSPS) is 15.5. The van der Waals surface area contributed by atoms with Crippen molar-refractivity contribution in [1.29, 1.82) is 0 Å². The number of amides is 1. The Balaban J connectivity index is 1.33. The van der Waals surface area contributed by atoms with Crippen molar-refractivity contribution >= 4 is 34.7 Å². The monoisotopic (exact) mass is 477 g/mol. The Labute approximate surface area is 198 Å². The van der Waals surface area contributed by atoms with Gasteiger partial charge in [-0.05, 0) is 41.3 Å². The highest BCUT2D eigenvalue weighted by atomic mass is 32.2. The second kappa shape index (κ2) is 9.55. The maximum Gasteiger partial charge on any atom is 0.277 e. The highest BCUT2D eigenvalue weighted by molar-refractivity contribution is 7.99. The summed E-state index contributed by atoms with van der Waals surface area (Å²) in [6, 6.07) is 15.2. The van der Waals surface area contributed by atoms with Gasteiger partial charge in [-0.15, -0.1) is 21.5 Å². The second-order valence-corrected chi connectivity index (χ2v) is 9.03. The number of thioether (sulfide) groups is 1. The molecule has 1 aromatic carbocycles. The van der Waals surface area contributed by atoms with Crippen LogP contribution in [0, 0.1) is 0 Å². The molecule has 0 radical (unpaired) electrons. The van der Waals surface area contributed by atoms with Crippen LogP contribution >= 0.6 is 23.1 Å². The van der Waals surface area contributed by atoms with Gasteiger partial charge in [0.05, 0.1) is 29.5 Å². The minimum Gasteiger partial charge on any atom is -0.497 e. The molecular weight excluding hydrogens is 458 g/mol. The number of carbonyl (C=O) groups excluding carboxylic acids is 1. The molecule has 4 heterocycles. The third-order valence-corrected chi connectivity index (χ3v) is 6.85. The first-order valence-corrected chi connectivity index (χ1v) is 12.0. The number of hydrogen-bond donors (Lipinski definition) is 0. The second-order valence-electron chi connectivity index (χ2n) is 7.15. The van der Waals surface area contributed by atoms with Crippen LogP contribution in [-0.2, 0) is 4.79 Å². The van der Waals surface area contributed by atoms with Gasteiger partial charge in [-0.25, -0.2) is 5.01 Å². The fourth-order valence-corrected chi connectivity index (χ4v) is 4.82. The van der Waals surface area contributed by atoms with Gasteiger partial charge in [0, 0.05) is 24.4 Å². The molecule has 1 aliphatic rings. The molecule has 1 aliphatic heterocycles. The lowest BCUT2D eigenvalue weighted by molar-refractivity contribution is -0.130. The topological polar surface area (TPSA) is 93.7 Å². The maximum absolute atomic E-state index is 13.2. The number of pyridine rings is 1. The molecule has 5 rings (SSSR count). The lowest BCUT2D eigenvalue weighted by Crippen LogP contribution is -2.28. The van der Waals surface area contributed by atoms with E-state index in [4.69, 9.17) is 9.15 Å². The fraction of sp³-hybridized carbons (Fsp3) is 0.174. The summed E-state index contributed by atoms with van der Waals surface area (Å²) < 4.78 is 11.0. The molecular formula is C23H19N5O3S2. The third kappa shape index (κ3) is 4.67. The van der Waals surface area contributed by atoms with E-state index in [0.29, 0.717) is 17.5 Å². The quantitative estimate of drug-likeness (QED) is 0.357. The number of hydrazone groups is 1. The van der Waals surface area contributed by atoms with Crippen molar-refractivity contribution in [3.05, 3.63) is 76.7 Å². The van der Waals surface area contributed by atoms with Crippen molar-refractivity contribution in [2.24, 2.45) is 5.10 Å². The molecule has 0 bridgehead atoms. The summed E-state index contributed by atoms with van der Waals surface area (Å²) in [6.07, 6.45) is 3.97. The van der Waals surface area contributed by atoms with E-state index in [1.54, 1.807) is 48.0 Å². The molecule has 166 valence electrons. The van der Waals surface area contributed by atoms with Gasteiger partial charge in [0.2, 0.25) is 5.89 Å². The van der Waals surface area contributed by atoms with Crippen LogP contribution in [0.2, 0.25) is 0 Å². The van der Waals surface area contributed by atoms with E-state index in [9.17, 15) is 4.79 Å². The molecule has 1 atom stereocenters. The van der Waals surface area contributed by atoms with Gasteiger partial charge in [0.1, 0.15) is 5.75 Å². The maximum atomic E-state index is 13.2. The minimum absolute atomic E-state index is 0.129. The smallest absolute Gasteiger partial charge is 0.277 e. The number of rotatable bonds is 7. The van der Waals surface area contributed by atoms with Gasteiger partial charge in [-0.1, -0.05) is 30.0 Å². The highest BCUT2D eigenvalue weighted by Crippen LogP contribution is 2.35. The summed E-state index contributed by atoms with van der Waals surface area (Å²) >= 11 is 2.82. The zero-order valence-corrected chi connectivity index (χ0v) is 19.3. The van der Waals surface area contributed by atoms with Crippen LogP contribution in [0.5, 0.6) is 5.75 Å². The van der Waals surface area contributed by atoms with Gasteiger partial charge in [0.25, 0.3) is 11.1 Å². The molecule has 3 aromatic heterocycles. The summed E-state index contributed by atoms with van der Waals surface area (Å²) in [5.41, 5.74) is 2.68. The summed E-state index contributed by atoms with van der Waals surface area (Å²) in [6.45, 7) is 0. The van der Waals surface area contributed by atoms with Crippen molar-refractivity contribution in [3.8, 4) is 17.2 Å². The van der Waals surface area contributed by atoms with Gasteiger partial charge in [0.15, 0.2) is 0 Å². The van der Waals surface area contributed by atoms with E-state index in [0.717, 1.165) is 27.5 Å². The largest absolute Gasteiger partial charge is 0.497 e. The van der Waals surface area contributed by atoms with E-state index in [1.807, 2.05) is 41.8 Å². The Morgan fingerprint density at radius 2 is 2.00 bits per heavy atom. The first-order valence-electron chi connectivity index (χ1n) is 10.2. The Kier molecular flexibility index (Phi) is 6.18. The third-order valence-electron chi connectivity index (χ3n) is 5.12. The van der Waals surface area contributed by atoms with Crippen LogP contribution < -0.4 is 4.74 Å². The molecule has 4 aromatic rings. The summed E-state index contributed by atoms with van der Waals surface area (Å²) in [5, 5.41) is 16.7. The molecule has 0 saturated heterocycles. The average Bonchev–Trinajstić information content (AvgIpc) is 3.64. The van der Waals surface area contributed by atoms with Gasteiger partial charge < -0.3 is 9.15 Å². The standard InChI is InChI=1S/C23H19N5O3S2/c1-30-17-6-4-15(5-7-17)19-13-18(20-3-2-12-32-20)27-28(19)21(29)14-33-23-26-25-22(31-23)16-8-10-24-11-9-16/h2-12,19H,13-14H2,1H3/t19-/m0/s1. The van der Waals surface area contributed by atoms with Crippen molar-refractivity contribution in [3.63, 3.8) is 0 Å². The number of benzene rings is 1. The number of aromatic nitrogens is 3. The van der Waals surface area contributed by atoms with Gasteiger partial charge >= 0.3 is 0 Å². The van der Waals surface area contributed by atoms with Crippen molar-refractivity contribution in [2.75, 3.05) is 12.9 Å². The van der Waals surface area contributed by atoms with Crippen LogP contribution in [0.4, 0.5) is 0 Å². The Morgan fingerprint density at radius 1 is 1.18 bits per heavy atom. The average molecular weight is 478 g/mol. The first-order chi connectivity index (χ1) is 16.2. The number of nitrogens with zero attached hydrogens (tertiary/aromatic N) is 5. The van der Waals surface area contributed by atoms with E-state index in [1.165, 1.54) is 11.8 Å². The number of hydrogen-bond acceptors (Lipinski definition) is 9. The lowest BCUT2D eigenvalue weighted by atomic mass is 10.0. The summed E-state index contributed by atoms with van der Waals surface area (Å²) in [7, 11) is 1.63. The number of thiophene rings is 1. The van der Waals surface area contributed by atoms with Crippen LogP contribution in [0.25, 0.3) is 11.5 Å². The van der Waals surface area contributed by atoms with Crippen molar-refractivity contribution in [2.45, 2.75) is 17.7 Å². The molecule has 0 saturated carbocycles. The minimum atomic E-state index is -0.184. The SMILES string of the molecule is COc1ccc([C@@H]2CC(c3cccs3)=NN2C(=O)CSc2nnc(-c3ccncc3)o2)cc1. The molecule has 0 spiro atoms. The molecule has 33 heavy (non-hydrogen) atoms. The van der Waals surface area contributed by atoms with Gasteiger partial charge in [-0.2, -0.15) is 5.10 Å². The zero-order valence-electron chi connectivity index (χ0n) is 17.6. The lowest BCUT2D eigenvalue weighted by Gasteiger charge is -2.22. The Morgan fingerprint density at radius 3 is 2.73 bits per heavy atom. The summed E-state index contributed by atoms with van der Waals surface area (Å²) in [4.78, 5) is 18.2. The van der Waals surface area contributed by atoms with Crippen LogP contribution in [0.3, 0.4) is 0 Å². The zero-order chi connectivity index (χ0) is 22.6. The number of ether oxygens (including phenoxy) is 1. The van der Waals surface area contributed by atoms with Crippen LogP contribution in [-0.4, -0.2) is 44.7 Å². The van der Waals surface area contributed by atoms with E-state index >= 15 is 0 Å². The van der Waals surface area contributed by atoms with Gasteiger partial charge in [-0.3, -0.25) is 9.78 Å². The summed E-state index contributed by atoms with van der Waals surface area (Å²) in [5.74, 6) is 1.16. The Bertz CT molecular complexity index is 1260. The highest BCUT2D eigenvalue weighted by Gasteiger charge is 2.33. The van der Waals surface area contributed by atoms with E-state index < -0.39 is 0 Å². The molecule has 1 amide bonds. The van der Waals surface area contributed by atoms with Crippen molar-refractivity contribution < 1.29 is 13.9 Å². The molecule has 10 heteroatoms. The molecule has 0 aliphatic carbocycles. The van der Waals surface area contributed by atoms with Crippen molar-refractivity contribution in [1.82, 2.24) is 20.2 Å². The predicted octanol–water partition coefficient (Wildman–Crippen LogP) is 4.67. The van der Waals surface area contributed by atoms with E-state index in [2.05, 4.69) is 20.3 Å². The van der Waals surface area contributed by atoms with Crippen LogP contribution in [0.15, 0.2) is 81.0 Å². The van der Waals surface area contributed by atoms with E-state index in [-0.39, 0.29) is 17.7 Å². The molecule has 8 nitrogen and oxygen atoms in total. The predicted molar refractivity (Wildman–Crippen MR) is 126 cm³/mol.